The number of amides is 2. The summed E-state index contributed by atoms with van der Waals surface area (Å²) in [5.74, 6) is 0.763. The molecule has 0 spiro atoms. The number of aromatic nitrogens is 4. The Labute approximate surface area is 216 Å². The van der Waals surface area contributed by atoms with Crippen molar-refractivity contribution < 1.29 is 15.0 Å². The van der Waals surface area contributed by atoms with E-state index in [9.17, 15) is 15.0 Å². The van der Waals surface area contributed by atoms with Gasteiger partial charge in [0.1, 0.15) is 29.7 Å². The van der Waals surface area contributed by atoms with Crippen LogP contribution < -0.4 is 11.1 Å². The Morgan fingerprint density at radius 3 is 2.81 bits per heavy atom. The van der Waals surface area contributed by atoms with Gasteiger partial charge in [0.05, 0.1) is 27.5 Å². The standard InChI is InChI=1S/C25H28BrN7O3/c1-32(2)25(36)31-23-16-7-8-33(24(16)29-12-28-23)19-11-15(20(34)21(19)35)6-4-13-3-5-14-10-17(26)22(27)30-18(14)9-13/h3,5,7-10,12,15,19-21,34-35H,4,6,11H2,1-2H3,(H2,27,30)(H,28,29,31,36)/t15-,19+,20+,21-/m0/s1. The number of hydrogen-bond acceptors (Lipinski definition) is 7. The SMILES string of the molecule is CN(C)C(=O)Nc1ncnc2c1ccn2[C@@H]1C[C@H](CCc2ccc3cc(Br)c(N)nc3c2)[C@@H](O)[C@H]1O. The molecule has 4 atom stereocenters. The quantitative estimate of drug-likeness (QED) is 0.297. The minimum Gasteiger partial charge on any atom is -0.390 e. The lowest BCUT2D eigenvalue weighted by Crippen LogP contribution is -2.29. The number of carbonyl (C=O) groups excluding carboxylic acids is 1. The first-order valence-corrected chi connectivity index (χ1v) is 12.5. The molecule has 188 valence electrons. The number of urea groups is 1. The molecular weight excluding hydrogens is 526 g/mol. The third-order valence-electron chi connectivity index (χ3n) is 6.94. The Bertz CT molecular complexity index is 1440. The summed E-state index contributed by atoms with van der Waals surface area (Å²) in [6.45, 7) is 0. The first-order valence-electron chi connectivity index (χ1n) is 11.7. The number of aliphatic hydroxyl groups is 2. The molecule has 5 rings (SSSR count). The van der Waals surface area contributed by atoms with Crippen LogP contribution in [0.15, 0.2) is 47.3 Å². The number of nitrogen functional groups attached to an aromatic ring is 1. The smallest absolute Gasteiger partial charge is 0.322 e. The second kappa shape index (κ2) is 9.64. The van der Waals surface area contributed by atoms with Crippen molar-refractivity contribution in [3.8, 4) is 0 Å². The highest BCUT2D eigenvalue weighted by Crippen LogP contribution is 2.40. The zero-order valence-corrected chi connectivity index (χ0v) is 21.6. The average Bonchev–Trinajstić information content (AvgIpc) is 3.40. The molecule has 36 heavy (non-hydrogen) atoms. The molecule has 10 nitrogen and oxygen atoms in total. The zero-order valence-electron chi connectivity index (χ0n) is 20.0. The number of nitrogens with one attached hydrogen (secondary N) is 1. The fraction of sp³-hybridized carbons (Fsp3) is 0.360. The minimum absolute atomic E-state index is 0.0872. The van der Waals surface area contributed by atoms with Crippen LogP contribution in [0.2, 0.25) is 0 Å². The van der Waals surface area contributed by atoms with E-state index in [-0.39, 0.29) is 18.0 Å². The maximum absolute atomic E-state index is 12.1. The molecule has 1 aliphatic rings. The topological polar surface area (TPSA) is 142 Å². The molecule has 2 amide bonds. The molecule has 1 aliphatic carbocycles. The predicted octanol–water partition coefficient (Wildman–Crippen LogP) is 3.33. The Hall–Kier alpha value is -3.28. The van der Waals surface area contributed by atoms with Crippen LogP contribution in [0.3, 0.4) is 0 Å². The molecule has 0 saturated heterocycles. The molecular formula is C25H28BrN7O3. The number of aliphatic hydroxyl groups excluding tert-OH is 2. The summed E-state index contributed by atoms with van der Waals surface area (Å²) in [6.07, 6.45) is 3.47. The summed E-state index contributed by atoms with van der Waals surface area (Å²) < 4.78 is 2.64. The van der Waals surface area contributed by atoms with E-state index in [1.807, 2.05) is 35.0 Å². The summed E-state index contributed by atoms with van der Waals surface area (Å²) in [5, 5.41) is 26.2. The van der Waals surface area contributed by atoms with Gasteiger partial charge in [-0.1, -0.05) is 12.1 Å². The molecule has 0 aliphatic heterocycles. The number of anilines is 2. The lowest BCUT2D eigenvalue weighted by molar-refractivity contribution is 0.00545. The number of hydrogen-bond donors (Lipinski definition) is 4. The van der Waals surface area contributed by atoms with E-state index >= 15 is 0 Å². The van der Waals surface area contributed by atoms with Crippen molar-refractivity contribution in [2.45, 2.75) is 37.5 Å². The fourth-order valence-corrected chi connectivity index (χ4v) is 5.26. The largest absolute Gasteiger partial charge is 0.390 e. The summed E-state index contributed by atoms with van der Waals surface area (Å²) in [5.41, 5.74) is 8.46. The number of aryl methyl sites for hydroxylation is 1. The average molecular weight is 554 g/mol. The van der Waals surface area contributed by atoms with E-state index in [0.717, 1.165) is 27.4 Å². The van der Waals surface area contributed by atoms with Crippen LogP contribution in [0.25, 0.3) is 21.9 Å². The Morgan fingerprint density at radius 2 is 2.03 bits per heavy atom. The number of fused-ring (bicyclic) bond motifs is 2. The van der Waals surface area contributed by atoms with Gasteiger partial charge in [0, 0.05) is 25.7 Å². The van der Waals surface area contributed by atoms with Crippen molar-refractivity contribution in [1.29, 1.82) is 0 Å². The number of rotatable bonds is 5. The van der Waals surface area contributed by atoms with Crippen LogP contribution in [0.4, 0.5) is 16.4 Å². The zero-order chi connectivity index (χ0) is 25.6. The number of nitrogens with two attached hydrogens (primary N) is 1. The molecule has 0 bridgehead atoms. The summed E-state index contributed by atoms with van der Waals surface area (Å²) in [6, 6.07) is 9.23. The first-order chi connectivity index (χ1) is 17.2. The highest BCUT2D eigenvalue weighted by atomic mass is 79.9. The third kappa shape index (κ3) is 4.49. The van der Waals surface area contributed by atoms with Crippen molar-refractivity contribution in [3.05, 3.63) is 52.9 Å². The van der Waals surface area contributed by atoms with Gasteiger partial charge in [0.2, 0.25) is 0 Å². The van der Waals surface area contributed by atoms with Crippen LogP contribution >= 0.6 is 15.9 Å². The van der Waals surface area contributed by atoms with Crippen molar-refractivity contribution >= 4 is 55.5 Å². The van der Waals surface area contributed by atoms with Gasteiger partial charge >= 0.3 is 6.03 Å². The van der Waals surface area contributed by atoms with E-state index in [1.54, 1.807) is 14.1 Å². The maximum Gasteiger partial charge on any atom is 0.322 e. The molecule has 3 aromatic heterocycles. The third-order valence-corrected chi connectivity index (χ3v) is 7.57. The molecule has 0 radical (unpaired) electrons. The van der Waals surface area contributed by atoms with Gasteiger partial charge < -0.3 is 25.4 Å². The highest BCUT2D eigenvalue weighted by molar-refractivity contribution is 9.10. The van der Waals surface area contributed by atoms with E-state index in [0.29, 0.717) is 35.5 Å². The molecule has 1 aromatic carbocycles. The molecule has 0 unspecified atom stereocenters. The van der Waals surface area contributed by atoms with Gasteiger partial charge in [-0.2, -0.15) is 0 Å². The van der Waals surface area contributed by atoms with Gasteiger partial charge in [-0.15, -0.1) is 0 Å². The first kappa shape index (κ1) is 24.4. The van der Waals surface area contributed by atoms with Gasteiger partial charge in [-0.05, 0) is 64.9 Å². The second-order valence-electron chi connectivity index (χ2n) is 9.47. The van der Waals surface area contributed by atoms with Gasteiger partial charge in [-0.3, -0.25) is 5.32 Å². The second-order valence-corrected chi connectivity index (χ2v) is 10.3. The highest BCUT2D eigenvalue weighted by Gasteiger charge is 2.42. The summed E-state index contributed by atoms with van der Waals surface area (Å²) in [7, 11) is 3.30. The fourth-order valence-electron chi connectivity index (χ4n) is 4.92. The van der Waals surface area contributed by atoms with Crippen molar-refractivity contribution in [2.24, 2.45) is 5.92 Å². The lowest BCUT2D eigenvalue weighted by atomic mass is 9.95. The van der Waals surface area contributed by atoms with Crippen LogP contribution in [0, 0.1) is 5.92 Å². The maximum atomic E-state index is 12.1. The van der Waals surface area contributed by atoms with Crippen LogP contribution in [-0.2, 0) is 6.42 Å². The van der Waals surface area contributed by atoms with E-state index in [4.69, 9.17) is 5.73 Å². The number of pyridine rings is 1. The van der Waals surface area contributed by atoms with Crippen LogP contribution in [-0.4, -0.2) is 67.0 Å². The van der Waals surface area contributed by atoms with Gasteiger partial charge in [-0.25, -0.2) is 19.7 Å². The van der Waals surface area contributed by atoms with Crippen molar-refractivity contribution in [3.63, 3.8) is 0 Å². The molecule has 5 N–H and O–H groups in total. The molecule has 3 heterocycles. The van der Waals surface area contributed by atoms with Crippen LogP contribution in [0.1, 0.15) is 24.4 Å². The van der Waals surface area contributed by atoms with E-state index in [1.165, 1.54) is 11.2 Å². The molecule has 1 fully saturated rings. The lowest BCUT2D eigenvalue weighted by Gasteiger charge is -2.19. The molecule has 11 heteroatoms. The van der Waals surface area contributed by atoms with Crippen molar-refractivity contribution in [1.82, 2.24) is 24.4 Å². The van der Waals surface area contributed by atoms with Gasteiger partial charge in [0.25, 0.3) is 0 Å². The van der Waals surface area contributed by atoms with Crippen molar-refractivity contribution in [2.75, 3.05) is 25.1 Å². The van der Waals surface area contributed by atoms with Crippen LogP contribution in [0.5, 0.6) is 0 Å². The minimum atomic E-state index is -0.934. The number of benzene rings is 1. The Morgan fingerprint density at radius 1 is 1.22 bits per heavy atom. The van der Waals surface area contributed by atoms with E-state index < -0.39 is 12.2 Å². The number of carbonyl (C=O) groups is 1. The Kier molecular flexibility index (Phi) is 6.54. The Balaban J connectivity index is 1.33. The molecule has 4 aromatic rings. The number of nitrogens with zero attached hydrogens (tertiary/aromatic N) is 5. The summed E-state index contributed by atoms with van der Waals surface area (Å²) in [4.78, 5) is 26.6. The normalized spacial score (nSPS) is 21.8. The molecule has 1 saturated carbocycles. The monoisotopic (exact) mass is 553 g/mol. The van der Waals surface area contributed by atoms with E-state index in [2.05, 4.69) is 42.3 Å². The van der Waals surface area contributed by atoms with Gasteiger partial charge in [0.15, 0.2) is 0 Å². The predicted molar refractivity (Wildman–Crippen MR) is 142 cm³/mol. The number of halogens is 1. The summed E-state index contributed by atoms with van der Waals surface area (Å²) >= 11 is 3.41.